The lowest BCUT2D eigenvalue weighted by Crippen LogP contribution is -2.51. The van der Waals surface area contributed by atoms with Gasteiger partial charge < -0.3 is 4.90 Å². The van der Waals surface area contributed by atoms with E-state index in [1.807, 2.05) is 41.8 Å². The summed E-state index contributed by atoms with van der Waals surface area (Å²) in [7, 11) is -3.40. The lowest BCUT2D eigenvalue weighted by molar-refractivity contribution is -0.129. The Bertz CT molecular complexity index is 1110. The lowest BCUT2D eigenvalue weighted by atomic mass is 10.2. The third-order valence-electron chi connectivity index (χ3n) is 5.15. The van der Waals surface area contributed by atoms with Gasteiger partial charge in [-0.2, -0.15) is 4.31 Å². The van der Waals surface area contributed by atoms with E-state index in [1.165, 1.54) is 20.9 Å². The molecule has 1 aliphatic heterocycles. The number of thioether (sulfide) groups is 1. The van der Waals surface area contributed by atoms with Crippen molar-refractivity contribution in [3.05, 3.63) is 58.3 Å². The maximum Gasteiger partial charge on any atom is 0.233 e. The van der Waals surface area contributed by atoms with Crippen molar-refractivity contribution < 1.29 is 13.2 Å². The number of nitrogens with zero attached hydrogens (tertiary/aromatic N) is 6. The van der Waals surface area contributed by atoms with Crippen LogP contribution in [0.5, 0.6) is 0 Å². The molecule has 170 valence electrons. The van der Waals surface area contributed by atoms with Crippen molar-refractivity contribution in [3.63, 3.8) is 0 Å². The minimum absolute atomic E-state index is 0.0221. The second-order valence-corrected chi connectivity index (χ2v) is 11.3. The Morgan fingerprint density at radius 3 is 2.56 bits per heavy atom. The molecule has 3 aromatic rings. The fourth-order valence-corrected chi connectivity index (χ4v) is 6.44. The SMILES string of the molecule is O=C(CSc1nnnn1CCc1cccs1)N1CCN(S(=O)(=O)Cc2ccccc2)CC1. The summed E-state index contributed by atoms with van der Waals surface area (Å²) in [6, 6.07) is 13.2. The van der Waals surface area contributed by atoms with Gasteiger partial charge >= 0.3 is 0 Å². The van der Waals surface area contributed by atoms with Gasteiger partial charge in [0.1, 0.15) is 0 Å². The van der Waals surface area contributed by atoms with E-state index in [1.54, 1.807) is 20.9 Å². The highest BCUT2D eigenvalue weighted by Gasteiger charge is 2.29. The number of piperazine rings is 1. The van der Waals surface area contributed by atoms with E-state index in [-0.39, 0.29) is 17.4 Å². The molecule has 1 aliphatic rings. The second kappa shape index (κ2) is 10.6. The molecule has 1 fully saturated rings. The third kappa shape index (κ3) is 5.94. The first-order valence-corrected chi connectivity index (χ1v) is 13.7. The summed E-state index contributed by atoms with van der Waals surface area (Å²) >= 11 is 3.00. The number of benzene rings is 1. The number of aryl methyl sites for hydroxylation is 2. The van der Waals surface area contributed by atoms with E-state index >= 15 is 0 Å². The molecule has 32 heavy (non-hydrogen) atoms. The zero-order valence-corrected chi connectivity index (χ0v) is 19.9. The maximum absolute atomic E-state index is 12.7. The van der Waals surface area contributed by atoms with Gasteiger partial charge in [-0.25, -0.2) is 13.1 Å². The van der Waals surface area contributed by atoms with Crippen molar-refractivity contribution in [1.82, 2.24) is 29.4 Å². The van der Waals surface area contributed by atoms with Crippen molar-refractivity contribution in [1.29, 1.82) is 0 Å². The van der Waals surface area contributed by atoms with Crippen LogP contribution >= 0.6 is 23.1 Å². The van der Waals surface area contributed by atoms with Crippen LogP contribution in [0.15, 0.2) is 53.0 Å². The molecular formula is C20H24N6O3S3. The fourth-order valence-electron chi connectivity index (χ4n) is 3.42. The van der Waals surface area contributed by atoms with E-state index in [0.29, 0.717) is 37.9 Å². The summed E-state index contributed by atoms with van der Waals surface area (Å²) < 4.78 is 28.6. The Morgan fingerprint density at radius 1 is 1.06 bits per heavy atom. The van der Waals surface area contributed by atoms with Crippen LogP contribution in [0.4, 0.5) is 0 Å². The summed E-state index contributed by atoms with van der Waals surface area (Å²) in [6.07, 6.45) is 0.837. The Morgan fingerprint density at radius 2 is 1.84 bits per heavy atom. The Hall–Kier alpha value is -2.28. The van der Waals surface area contributed by atoms with Crippen LogP contribution in [0.3, 0.4) is 0 Å². The van der Waals surface area contributed by atoms with Crippen molar-refractivity contribution in [2.75, 3.05) is 31.9 Å². The van der Waals surface area contributed by atoms with Crippen molar-refractivity contribution in [3.8, 4) is 0 Å². The predicted molar refractivity (Wildman–Crippen MR) is 124 cm³/mol. The largest absolute Gasteiger partial charge is 0.339 e. The molecular weight excluding hydrogens is 468 g/mol. The number of carbonyl (C=O) groups is 1. The first-order chi connectivity index (χ1) is 15.5. The predicted octanol–water partition coefficient (Wildman–Crippen LogP) is 1.74. The van der Waals surface area contributed by atoms with Crippen LogP contribution in [0.2, 0.25) is 0 Å². The number of aromatic nitrogens is 4. The molecule has 9 nitrogen and oxygen atoms in total. The highest BCUT2D eigenvalue weighted by molar-refractivity contribution is 7.99. The first-order valence-electron chi connectivity index (χ1n) is 10.2. The van der Waals surface area contributed by atoms with Crippen molar-refractivity contribution >= 4 is 39.0 Å². The van der Waals surface area contributed by atoms with E-state index in [4.69, 9.17) is 0 Å². The van der Waals surface area contributed by atoms with E-state index < -0.39 is 10.0 Å². The van der Waals surface area contributed by atoms with Gasteiger partial charge in [0, 0.05) is 37.5 Å². The minimum atomic E-state index is -3.40. The van der Waals surface area contributed by atoms with Gasteiger partial charge in [0.2, 0.25) is 21.1 Å². The summed E-state index contributed by atoms with van der Waals surface area (Å²) in [4.78, 5) is 15.6. The van der Waals surface area contributed by atoms with Gasteiger partial charge in [0.15, 0.2) is 0 Å². The Labute approximate surface area is 195 Å². The molecule has 12 heteroatoms. The van der Waals surface area contributed by atoms with Crippen LogP contribution in [0, 0.1) is 0 Å². The maximum atomic E-state index is 12.7. The molecule has 1 amide bonds. The van der Waals surface area contributed by atoms with Crippen LogP contribution < -0.4 is 0 Å². The second-order valence-electron chi connectivity index (χ2n) is 7.32. The normalized spacial score (nSPS) is 15.2. The van der Waals surface area contributed by atoms with Crippen LogP contribution in [0.1, 0.15) is 10.4 Å². The van der Waals surface area contributed by atoms with Gasteiger partial charge in [-0.05, 0) is 27.4 Å². The van der Waals surface area contributed by atoms with Gasteiger partial charge in [0.05, 0.1) is 18.1 Å². The molecule has 1 aromatic carbocycles. The third-order valence-corrected chi connectivity index (χ3v) is 8.88. The number of hydrogen-bond donors (Lipinski definition) is 0. The summed E-state index contributed by atoms with van der Waals surface area (Å²) in [6.45, 7) is 2.05. The molecule has 2 aromatic heterocycles. The smallest absolute Gasteiger partial charge is 0.233 e. The molecule has 0 unspecified atom stereocenters. The summed E-state index contributed by atoms with van der Waals surface area (Å²) in [5, 5.41) is 14.4. The Kier molecular flexibility index (Phi) is 7.55. The summed E-state index contributed by atoms with van der Waals surface area (Å²) in [5.41, 5.74) is 0.763. The van der Waals surface area contributed by atoms with Crippen LogP contribution in [-0.2, 0) is 33.5 Å². The standard InChI is InChI=1S/C20H24N6O3S3/c27-19(15-31-20-21-22-23-26(20)9-8-18-7-4-14-30-18)24-10-12-25(13-11-24)32(28,29)16-17-5-2-1-3-6-17/h1-7,14H,8-13,15-16H2. The Balaban J connectivity index is 1.24. The highest BCUT2D eigenvalue weighted by Crippen LogP contribution is 2.18. The number of sulfonamides is 1. The summed E-state index contributed by atoms with van der Waals surface area (Å²) in [5.74, 6) is 0.157. The first kappa shape index (κ1) is 22.9. The monoisotopic (exact) mass is 492 g/mol. The van der Waals surface area contributed by atoms with Crippen molar-refractivity contribution in [2.45, 2.75) is 23.9 Å². The van der Waals surface area contributed by atoms with E-state index in [2.05, 4.69) is 21.6 Å². The molecule has 1 saturated heterocycles. The number of rotatable bonds is 9. The average Bonchev–Trinajstić information content (AvgIpc) is 3.48. The molecule has 4 rings (SSSR count). The lowest BCUT2D eigenvalue weighted by Gasteiger charge is -2.34. The molecule has 0 N–H and O–H groups in total. The highest BCUT2D eigenvalue weighted by atomic mass is 32.2. The molecule has 0 saturated carbocycles. The molecule has 0 radical (unpaired) electrons. The van der Waals surface area contributed by atoms with Gasteiger partial charge in [0.25, 0.3) is 0 Å². The fraction of sp³-hybridized carbons (Fsp3) is 0.400. The van der Waals surface area contributed by atoms with Gasteiger partial charge in [-0.15, -0.1) is 16.4 Å². The van der Waals surface area contributed by atoms with Crippen molar-refractivity contribution in [2.24, 2.45) is 0 Å². The quantitative estimate of drug-likeness (QED) is 0.419. The topological polar surface area (TPSA) is 101 Å². The average molecular weight is 493 g/mol. The molecule has 0 bridgehead atoms. The molecule has 0 spiro atoms. The zero-order chi connectivity index (χ0) is 22.4. The van der Waals surface area contributed by atoms with E-state index in [0.717, 1.165) is 12.0 Å². The van der Waals surface area contributed by atoms with Gasteiger partial charge in [-0.1, -0.05) is 48.2 Å². The number of thiophene rings is 1. The van der Waals surface area contributed by atoms with Crippen LogP contribution in [-0.4, -0.2) is 75.7 Å². The minimum Gasteiger partial charge on any atom is -0.339 e. The molecule has 0 atom stereocenters. The molecule has 0 aliphatic carbocycles. The van der Waals surface area contributed by atoms with Gasteiger partial charge in [-0.3, -0.25) is 4.79 Å². The number of hydrogen-bond acceptors (Lipinski definition) is 8. The number of carbonyl (C=O) groups excluding carboxylic acids is 1. The van der Waals surface area contributed by atoms with Crippen LogP contribution in [0.25, 0.3) is 0 Å². The zero-order valence-electron chi connectivity index (χ0n) is 17.4. The van der Waals surface area contributed by atoms with E-state index in [9.17, 15) is 13.2 Å². The number of amides is 1. The molecule has 3 heterocycles. The number of tetrazole rings is 1.